The molecule has 5 rings (SSSR count). The minimum atomic E-state index is -3.90. The highest BCUT2D eigenvalue weighted by Crippen LogP contribution is 2.48. The van der Waals surface area contributed by atoms with Crippen LogP contribution in [0.3, 0.4) is 0 Å². The zero-order valence-corrected chi connectivity index (χ0v) is 27.3. The maximum Gasteiger partial charge on any atom is 0.316 e. The summed E-state index contributed by atoms with van der Waals surface area (Å²) in [6.07, 6.45) is 9.13. The first-order valence-electron chi connectivity index (χ1n) is 15.5. The number of nitrogens with zero attached hydrogens (tertiary/aromatic N) is 3. The molecule has 3 saturated carbocycles. The Balaban J connectivity index is 1.42. The smallest absolute Gasteiger partial charge is 0.316 e. The number of rotatable bonds is 6. The maximum atomic E-state index is 14.0. The van der Waals surface area contributed by atoms with Crippen LogP contribution < -0.4 is 19.5 Å². The fourth-order valence-corrected chi connectivity index (χ4v) is 7.56. The Morgan fingerprint density at radius 2 is 1.86 bits per heavy atom. The van der Waals surface area contributed by atoms with Gasteiger partial charge in [0, 0.05) is 24.9 Å². The minimum absolute atomic E-state index is 0.152. The molecule has 0 aromatic carbocycles. The quantitative estimate of drug-likeness (QED) is 0.451. The van der Waals surface area contributed by atoms with E-state index in [1.807, 2.05) is 32.9 Å². The fourth-order valence-electron chi connectivity index (χ4n) is 6.25. The predicted octanol–water partition coefficient (Wildman–Crippen LogP) is 2.63. The van der Waals surface area contributed by atoms with Crippen LogP contribution in [0.25, 0.3) is 0 Å². The number of methoxy groups -OCH3 is 1. The lowest BCUT2D eigenvalue weighted by Gasteiger charge is -2.27. The molecule has 2 N–H and O–H groups in total. The lowest BCUT2D eigenvalue weighted by atomic mass is 9.91. The van der Waals surface area contributed by atoms with E-state index in [2.05, 4.69) is 20.0 Å². The molecule has 242 valence electrons. The van der Waals surface area contributed by atoms with E-state index in [0.29, 0.717) is 37.3 Å². The first-order chi connectivity index (χ1) is 20.6. The third-order valence-corrected chi connectivity index (χ3v) is 11.7. The third-order valence-electron chi connectivity index (χ3n) is 9.55. The molecule has 1 aromatic heterocycles. The summed E-state index contributed by atoms with van der Waals surface area (Å²) in [7, 11) is -0.661. The number of sulfonamides is 1. The van der Waals surface area contributed by atoms with Crippen molar-refractivity contribution in [3.8, 4) is 11.8 Å². The van der Waals surface area contributed by atoms with E-state index in [1.165, 1.54) is 7.11 Å². The summed E-state index contributed by atoms with van der Waals surface area (Å²) in [4.78, 5) is 51.7. The zero-order chi connectivity index (χ0) is 32.1. The van der Waals surface area contributed by atoms with E-state index in [1.54, 1.807) is 25.1 Å². The van der Waals surface area contributed by atoms with E-state index in [0.717, 1.165) is 19.3 Å². The number of carbonyl (C=O) groups excluding carboxylic acids is 3. The Morgan fingerprint density at radius 1 is 1.16 bits per heavy atom. The summed E-state index contributed by atoms with van der Waals surface area (Å²) in [6, 6.07) is 0.215. The van der Waals surface area contributed by atoms with Gasteiger partial charge in [0.05, 0.1) is 35.6 Å². The van der Waals surface area contributed by atoms with Crippen LogP contribution in [0.4, 0.5) is 0 Å². The summed E-state index contributed by atoms with van der Waals surface area (Å²) in [6.45, 7) is 8.16. The average molecular weight is 632 g/mol. The number of hydrogen-bond donors (Lipinski definition) is 2. The molecule has 3 fully saturated rings. The second-order valence-corrected chi connectivity index (χ2v) is 16.3. The zero-order valence-electron chi connectivity index (χ0n) is 26.5. The van der Waals surface area contributed by atoms with Crippen molar-refractivity contribution >= 4 is 27.7 Å². The Kier molecular flexibility index (Phi) is 8.49. The molecule has 0 saturated heterocycles. The number of amides is 3. The van der Waals surface area contributed by atoms with Gasteiger partial charge in [0.2, 0.25) is 21.8 Å². The third kappa shape index (κ3) is 6.29. The van der Waals surface area contributed by atoms with Crippen molar-refractivity contribution in [3.63, 3.8) is 0 Å². The molecular formula is C31H45N5O7S. The van der Waals surface area contributed by atoms with Crippen molar-refractivity contribution in [2.24, 2.45) is 17.8 Å². The number of aromatic nitrogens is 2. The van der Waals surface area contributed by atoms with Gasteiger partial charge in [-0.2, -0.15) is 9.97 Å². The van der Waals surface area contributed by atoms with Gasteiger partial charge in [-0.3, -0.25) is 19.1 Å². The van der Waals surface area contributed by atoms with Crippen molar-refractivity contribution in [1.82, 2.24) is 24.9 Å². The molecule has 0 bridgehead atoms. The van der Waals surface area contributed by atoms with Crippen molar-refractivity contribution < 1.29 is 32.3 Å². The Labute approximate surface area is 259 Å². The van der Waals surface area contributed by atoms with Gasteiger partial charge in [0.15, 0.2) is 5.75 Å². The Hall–Kier alpha value is -3.22. The maximum absolute atomic E-state index is 14.0. The Bertz CT molecular complexity index is 1450. The average Bonchev–Trinajstić information content (AvgIpc) is 3.83. The Morgan fingerprint density at radius 3 is 2.52 bits per heavy atom. The van der Waals surface area contributed by atoms with Crippen LogP contribution >= 0.6 is 0 Å². The van der Waals surface area contributed by atoms with Crippen LogP contribution in [-0.2, 0) is 29.8 Å². The predicted molar refractivity (Wildman–Crippen MR) is 162 cm³/mol. The van der Waals surface area contributed by atoms with Crippen LogP contribution in [0.2, 0.25) is 0 Å². The molecule has 2 heterocycles. The van der Waals surface area contributed by atoms with Crippen LogP contribution in [0, 0.1) is 17.8 Å². The summed E-state index contributed by atoms with van der Waals surface area (Å²) < 4.78 is 38.8. The largest absolute Gasteiger partial charge is 0.487 e. The first-order valence-corrected chi connectivity index (χ1v) is 17.0. The first kappa shape index (κ1) is 32.2. The van der Waals surface area contributed by atoms with Gasteiger partial charge in [-0.25, -0.2) is 8.42 Å². The topological polar surface area (TPSA) is 157 Å². The highest BCUT2D eigenvalue weighted by atomic mass is 32.2. The molecule has 3 amide bonds. The molecule has 13 heteroatoms. The molecule has 1 aromatic rings. The summed E-state index contributed by atoms with van der Waals surface area (Å²) in [5, 5.41) is 2.92. The SMILES string of the molecule is COc1ncc(O[C@@H]2C[C@H]3C(=O)N[C@@]4(C(=O)NS(=O)(=O)C5(C)CC5)C[C@@H]4/C=C/CCCCN(C)C(=O)[C@@H]3C2)c(C(C)(C)C)n1. The van der Waals surface area contributed by atoms with Crippen LogP contribution in [-0.4, -0.2) is 78.1 Å². The normalized spacial score (nSPS) is 31.1. The number of allylic oxidation sites excluding steroid dienone is 1. The number of nitrogens with one attached hydrogen (secondary N) is 2. The summed E-state index contributed by atoms with van der Waals surface area (Å²) in [5.41, 5.74) is -1.14. The van der Waals surface area contributed by atoms with Crippen LogP contribution in [0.5, 0.6) is 11.8 Å². The van der Waals surface area contributed by atoms with Crippen LogP contribution in [0.1, 0.15) is 84.8 Å². The van der Waals surface area contributed by atoms with Crippen LogP contribution in [0.15, 0.2) is 18.3 Å². The number of hydrogen-bond acceptors (Lipinski definition) is 9. The minimum Gasteiger partial charge on any atom is -0.487 e. The van der Waals surface area contributed by atoms with Gasteiger partial charge in [0.25, 0.3) is 5.91 Å². The number of ether oxygens (including phenoxy) is 2. The van der Waals surface area contributed by atoms with E-state index < -0.39 is 55.5 Å². The molecule has 0 unspecified atom stereocenters. The van der Waals surface area contributed by atoms with E-state index in [4.69, 9.17) is 9.47 Å². The fraction of sp³-hybridized carbons (Fsp3) is 0.710. The van der Waals surface area contributed by atoms with Gasteiger partial charge in [-0.1, -0.05) is 32.9 Å². The lowest BCUT2D eigenvalue weighted by Crippen LogP contribution is -2.55. The molecule has 12 nitrogen and oxygen atoms in total. The van der Waals surface area contributed by atoms with Gasteiger partial charge in [-0.15, -0.1) is 0 Å². The number of carbonyl (C=O) groups is 3. The van der Waals surface area contributed by atoms with E-state index >= 15 is 0 Å². The molecule has 1 aliphatic heterocycles. The summed E-state index contributed by atoms with van der Waals surface area (Å²) in [5.74, 6) is -2.67. The lowest BCUT2D eigenvalue weighted by molar-refractivity contribution is -0.140. The van der Waals surface area contributed by atoms with Gasteiger partial charge < -0.3 is 19.7 Å². The summed E-state index contributed by atoms with van der Waals surface area (Å²) >= 11 is 0. The van der Waals surface area contributed by atoms with Crippen molar-refractivity contribution in [2.75, 3.05) is 20.7 Å². The molecule has 0 radical (unpaired) electrons. The molecule has 44 heavy (non-hydrogen) atoms. The van der Waals surface area contributed by atoms with Gasteiger partial charge in [0.1, 0.15) is 11.6 Å². The monoisotopic (exact) mass is 631 g/mol. The van der Waals surface area contributed by atoms with Crippen molar-refractivity contribution in [1.29, 1.82) is 0 Å². The number of fused-ring (bicyclic) bond motifs is 2. The van der Waals surface area contributed by atoms with Gasteiger partial charge >= 0.3 is 6.01 Å². The highest BCUT2D eigenvalue weighted by molar-refractivity contribution is 7.91. The molecular weight excluding hydrogens is 586 g/mol. The second-order valence-electron chi connectivity index (χ2n) is 14.1. The van der Waals surface area contributed by atoms with E-state index in [9.17, 15) is 22.8 Å². The highest BCUT2D eigenvalue weighted by Gasteiger charge is 2.63. The van der Waals surface area contributed by atoms with Gasteiger partial charge in [-0.05, 0) is 58.3 Å². The van der Waals surface area contributed by atoms with Crippen molar-refractivity contribution in [3.05, 3.63) is 24.0 Å². The van der Waals surface area contributed by atoms with Crippen molar-refractivity contribution in [2.45, 2.75) is 101 Å². The molecule has 0 spiro atoms. The standard InChI is InChI=1S/C31H45N5O7S/c1-29(2,3)24-23(18-32-28(33-24)42-6)43-20-15-21-22(16-20)26(38)36(5)14-10-8-7-9-11-19-17-31(19,34-25(21)37)27(39)35-44(40,41)30(4)12-13-30/h9,11,18-22H,7-8,10,12-17H2,1-6H3,(H,34,37)(H,35,39)/b11-9+/t19-,20+,21+,22+,31-/m0/s1. The molecule has 4 aliphatic rings. The molecule has 3 aliphatic carbocycles. The van der Waals surface area contributed by atoms with E-state index in [-0.39, 0.29) is 30.7 Å². The molecule has 5 atom stereocenters. The second kappa shape index (κ2) is 11.6.